The lowest BCUT2D eigenvalue weighted by molar-refractivity contribution is 0.107. The fraction of sp³-hybridized carbons (Fsp3) is 0.500. The van der Waals surface area contributed by atoms with Crippen molar-refractivity contribution in [2.45, 2.75) is 61.9 Å². The number of nitriles is 1. The lowest BCUT2D eigenvalue weighted by atomic mass is 9.95. The van der Waals surface area contributed by atoms with E-state index in [1.165, 1.54) is 12.1 Å². The summed E-state index contributed by atoms with van der Waals surface area (Å²) in [6, 6.07) is 7.61. The predicted octanol–water partition coefficient (Wildman–Crippen LogP) is 5.48. The average Bonchev–Trinajstić information content (AvgIpc) is 3.49. The van der Waals surface area contributed by atoms with Gasteiger partial charge >= 0.3 is 6.01 Å². The SMILES string of the molecule is N#Cc1c(N)sc2c(F)ccc(-c3c(Cl)cc4c(N5C[C@H]6CC[C@@H](C5)N6CC5CN5)nc(OC[C@@]56CCCN5C[C@H](F)C6)nc4c3F)c12. The first-order valence-electron chi connectivity index (χ1n) is 16.6. The summed E-state index contributed by atoms with van der Waals surface area (Å²) in [6.07, 6.45) is 3.40. The Kier molecular flexibility index (Phi) is 7.22. The maximum absolute atomic E-state index is 17.1. The van der Waals surface area contributed by atoms with Gasteiger partial charge in [-0.25, -0.2) is 13.2 Å². The molecule has 48 heavy (non-hydrogen) atoms. The molecule has 9 nitrogen and oxygen atoms in total. The van der Waals surface area contributed by atoms with Gasteiger partial charge in [0.05, 0.1) is 20.8 Å². The van der Waals surface area contributed by atoms with Crippen molar-refractivity contribution in [3.8, 4) is 23.2 Å². The summed E-state index contributed by atoms with van der Waals surface area (Å²) in [7, 11) is 0. The van der Waals surface area contributed by atoms with Gasteiger partial charge < -0.3 is 20.7 Å². The van der Waals surface area contributed by atoms with E-state index in [0.717, 1.165) is 69.7 Å². The van der Waals surface area contributed by atoms with Crippen LogP contribution in [0.5, 0.6) is 6.01 Å². The number of anilines is 2. The second-order valence-electron chi connectivity index (χ2n) is 14.0. The molecular weight excluding hydrogens is 661 g/mol. The first-order valence-corrected chi connectivity index (χ1v) is 17.8. The van der Waals surface area contributed by atoms with Gasteiger partial charge in [0.25, 0.3) is 0 Å². The van der Waals surface area contributed by atoms with Crippen LogP contribution in [0.3, 0.4) is 0 Å². The molecule has 5 fully saturated rings. The zero-order chi connectivity index (χ0) is 32.9. The van der Waals surface area contributed by atoms with E-state index < -0.39 is 23.3 Å². The molecule has 250 valence electrons. The molecular formula is C34H34ClF3N8OS. The number of halogens is 4. The van der Waals surface area contributed by atoms with Crippen molar-refractivity contribution in [3.63, 3.8) is 0 Å². The fourth-order valence-corrected chi connectivity index (χ4v) is 10.0. The van der Waals surface area contributed by atoms with Crippen molar-refractivity contribution >= 4 is 54.7 Å². The van der Waals surface area contributed by atoms with Crippen LogP contribution in [0.15, 0.2) is 18.2 Å². The predicted molar refractivity (Wildman–Crippen MR) is 180 cm³/mol. The second kappa shape index (κ2) is 11.3. The summed E-state index contributed by atoms with van der Waals surface area (Å²) >= 11 is 7.85. The zero-order valence-corrected chi connectivity index (χ0v) is 27.7. The Balaban J connectivity index is 1.17. The van der Waals surface area contributed by atoms with Gasteiger partial charge in [-0.2, -0.15) is 15.2 Å². The summed E-state index contributed by atoms with van der Waals surface area (Å²) < 4.78 is 53.0. The summed E-state index contributed by atoms with van der Waals surface area (Å²) in [5.41, 5.74) is 6.00. The van der Waals surface area contributed by atoms with E-state index in [1.807, 2.05) is 0 Å². The standard InChI is InChI=1S/C34H34ClF3N8OS/c35-24-8-22-29(28(38)27(24)21-4-5-25(37)30-26(21)23(10-39)31(40)48-30)42-33(47-16-34-6-1-7-45(34)12-17(36)9-34)43-32(22)44-14-19-2-3-20(15-44)46(19)13-18-11-41-18/h4-5,8,17-20,41H,1-3,6-7,9,11-16,40H2/t17-,18?,19-,20+,34+/m1/s1. The van der Waals surface area contributed by atoms with E-state index in [-0.39, 0.29) is 54.9 Å². The van der Waals surface area contributed by atoms with Crippen LogP contribution in [-0.4, -0.2) is 95.5 Å². The van der Waals surface area contributed by atoms with Crippen LogP contribution >= 0.6 is 22.9 Å². The van der Waals surface area contributed by atoms with E-state index in [9.17, 15) is 14.0 Å². The van der Waals surface area contributed by atoms with Crippen LogP contribution in [0.4, 0.5) is 24.0 Å². The molecule has 7 heterocycles. The number of piperazine rings is 1. The molecule has 5 aliphatic heterocycles. The summed E-state index contributed by atoms with van der Waals surface area (Å²) in [5.74, 6) is -0.737. The summed E-state index contributed by atoms with van der Waals surface area (Å²) in [6.45, 7) is 4.91. The van der Waals surface area contributed by atoms with Crippen molar-refractivity contribution in [1.29, 1.82) is 5.26 Å². The molecule has 2 bridgehead atoms. The molecule has 4 aromatic rings. The number of thiophene rings is 1. The zero-order valence-electron chi connectivity index (χ0n) is 26.1. The normalized spacial score (nSPS) is 28.4. The highest BCUT2D eigenvalue weighted by Crippen LogP contribution is 2.47. The van der Waals surface area contributed by atoms with E-state index in [1.54, 1.807) is 6.07 Å². The Morgan fingerprint density at radius 3 is 2.73 bits per heavy atom. The van der Waals surface area contributed by atoms with Gasteiger partial charge in [-0.3, -0.25) is 9.80 Å². The van der Waals surface area contributed by atoms with Gasteiger partial charge in [-0.1, -0.05) is 17.7 Å². The molecule has 5 aliphatic rings. The average molecular weight is 695 g/mol. The molecule has 5 atom stereocenters. The first-order chi connectivity index (χ1) is 23.2. The molecule has 0 spiro atoms. The number of fused-ring (bicyclic) bond motifs is 5. The van der Waals surface area contributed by atoms with E-state index >= 15 is 4.39 Å². The molecule has 0 radical (unpaired) electrons. The van der Waals surface area contributed by atoms with Crippen LogP contribution in [0.2, 0.25) is 5.02 Å². The van der Waals surface area contributed by atoms with Gasteiger partial charge in [-0.05, 0) is 49.9 Å². The second-order valence-corrected chi connectivity index (χ2v) is 15.4. The van der Waals surface area contributed by atoms with Crippen molar-refractivity contribution in [2.24, 2.45) is 0 Å². The number of benzene rings is 2. The third-order valence-electron chi connectivity index (χ3n) is 11.1. The molecule has 1 unspecified atom stereocenters. The van der Waals surface area contributed by atoms with Crippen LogP contribution in [0, 0.1) is 23.0 Å². The highest BCUT2D eigenvalue weighted by Gasteiger charge is 2.49. The number of hydrogen-bond donors (Lipinski definition) is 2. The van der Waals surface area contributed by atoms with Gasteiger partial charge in [0, 0.05) is 73.6 Å². The number of nitrogens with one attached hydrogen (secondary N) is 1. The Morgan fingerprint density at radius 2 is 1.98 bits per heavy atom. The number of ether oxygens (including phenoxy) is 1. The highest BCUT2D eigenvalue weighted by molar-refractivity contribution is 7.23. The van der Waals surface area contributed by atoms with Gasteiger partial charge in [0.2, 0.25) is 0 Å². The topological polar surface area (TPSA) is 116 Å². The lowest BCUT2D eigenvalue weighted by Gasteiger charge is -2.42. The van der Waals surface area contributed by atoms with Crippen molar-refractivity contribution < 1.29 is 17.9 Å². The molecule has 0 aliphatic carbocycles. The minimum Gasteiger partial charge on any atom is -0.461 e. The third-order valence-corrected chi connectivity index (χ3v) is 12.5. The Bertz CT molecular complexity index is 2000. The number of nitrogen functional groups attached to an aromatic ring is 1. The van der Waals surface area contributed by atoms with Crippen molar-refractivity contribution in [3.05, 3.63) is 40.4 Å². The molecule has 2 aromatic heterocycles. The Labute approximate surface area is 284 Å². The maximum atomic E-state index is 17.1. The quantitative estimate of drug-likeness (QED) is 0.243. The minimum atomic E-state index is -0.918. The smallest absolute Gasteiger partial charge is 0.319 e. The van der Waals surface area contributed by atoms with Crippen LogP contribution in [0.1, 0.15) is 37.7 Å². The minimum absolute atomic E-state index is 0.00230. The van der Waals surface area contributed by atoms with Crippen LogP contribution in [0.25, 0.3) is 32.1 Å². The Morgan fingerprint density at radius 1 is 1.19 bits per heavy atom. The number of alkyl halides is 1. The summed E-state index contributed by atoms with van der Waals surface area (Å²) in [5, 5.41) is 14.2. The van der Waals surface area contributed by atoms with E-state index in [4.69, 9.17) is 27.1 Å². The monoisotopic (exact) mass is 694 g/mol. The number of aromatic nitrogens is 2. The van der Waals surface area contributed by atoms with E-state index in [0.29, 0.717) is 42.3 Å². The number of rotatable bonds is 7. The molecule has 0 amide bonds. The number of hydrogen-bond acceptors (Lipinski definition) is 10. The van der Waals surface area contributed by atoms with Gasteiger partial charge in [0.1, 0.15) is 41.0 Å². The number of nitrogens with zero attached hydrogens (tertiary/aromatic N) is 6. The summed E-state index contributed by atoms with van der Waals surface area (Å²) in [4.78, 5) is 16.5. The molecule has 9 rings (SSSR count). The Hall–Kier alpha value is -3.41. The van der Waals surface area contributed by atoms with Crippen LogP contribution < -0.4 is 20.7 Å². The highest BCUT2D eigenvalue weighted by atomic mass is 35.5. The first kappa shape index (κ1) is 30.6. The van der Waals surface area contributed by atoms with Crippen molar-refractivity contribution in [1.82, 2.24) is 25.1 Å². The molecule has 3 N–H and O–H groups in total. The third kappa shape index (κ3) is 4.82. The molecule has 14 heteroatoms. The maximum Gasteiger partial charge on any atom is 0.319 e. The fourth-order valence-electron chi connectivity index (χ4n) is 8.80. The molecule has 2 aromatic carbocycles. The molecule has 5 saturated heterocycles. The van der Waals surface area contributed by atoms with Crippen LogP contribution in [-0.2, 0) is 0 Å². The van der Waals surface area contributed by atoms with Crippen molar-refractivity contribution in [2.75, 3.05) is 56.5 Å². The van der Waals surface area contributed by atoms with Gasteiger partial charge in [-0.15, -0.1) is 11.3 Å². The number of nitrogens with two attached hydrogens (primary N) is 1. The molecule has 0 saturated carbocycles. The largest absolute Gasteiger partial charge is 0.461 e. The van der Waals surface area contributed by atoms with E-state index in [2.05, 4.69) is 31.1 Å². The van der Waals surface area contributed by atoms with Gasteiger partial charge in [0.15, 0.2) is 5.82 Å². The lowest BCUT2D eigenvalue weighted by Crippen LogP contribution is -2.55.